The Labute approximate surface area is 207 Å². The smallest absolute Gasteiger partial charge is 0.329 e. The molecule has 0 saturated carbocycles. The van der Waals surface area contributed by atoms with Crippen LogP contribution in [-0.2, 0) is 14.4 Å². The number of nitrogens with zero attached hydrogens (tertiary/aromatic N) is 1. The SMILES string of the molecule is CCOc1ccccc1NC(=O)C(=O)N/N=C\c1ccc(OCC(=O)Nc2ccc(Cl)cc2)cc1. The normalized spacial score (nSPS) is 10.5. The van der Waals surface area contributed by atoms with Gasteiger partial charge in [0.15, 0.2) is 6.61 Å². The fraction of sp³-hybridized carbons (Fsp3) is 0.120. The summed E-state index contributed by atoms with van der Waals surface area (Å²) in [5.41, 5.74) is 3.81. The van der Waals surface area contributed by atoms with Gasteiger partial charge in [-0.05, 0) is 73.2 Å². The molecule has 3 rings (SSSR count). The van der Waals surface area contributed by atoms with Gasteiger partial charge >= 0.3 is 11.8 Å². The van der Waals surface area contributed by atoms with Gasteiger partial charge in [0.2, 0.25) is 0 Å². The lowest BCUT2D eigenvalue weighted by atomic mass is 10.2. The van der Waals surface area contributed by atoms with Crippen LogP contribution in [0.4, 0.5) is 11.4 Å². The maximum absolute atomic E-state index is 12.1. The molecule has 0 heterocycles. The van der Waals surface area contributed by atoms with Gasteiger partial charge in [-0.3, -0.25) is 14.4 Å². The number of ether oxygens (including phenoxy) is 2. The molecule has 0 aromatic heterocycles. The number of anilines is 2. The Bertz CT molecular complexity index is 1200. The highest BCUT2D eigenvalue weighted by atomic mass is 35.5. The van der Waals surface area contributed by atoms with Gasteiger partial charge in [0.1, 0.15) is 11.5 Å². The van der Waals surface area contributed by atoms with Crippen LogP contribution in [0.15, 0.2) is 77.9 Å². The molecule has 0 fully saturated rings. The lowest BCUT2D eigenvalue weighted by molar-refractivity contribution is -0.136. The van der Waals surface area contributed by atoms with E-state index in [-0.39, 0.29) is 12.5 Å². The van der Waals surface area contributed by atoms with E-state index >= 15 is 0 Å². The predicted molar refractivity (Wildman–Crippen MR) is 134 cm³/mol. The molecule has 0 bridgehead atoms. The molecule has 0 saturated heterocycles. The van der Waals surface area contributed by atoms with Gasteiger partial charge in [-0.25, -0.2) is 5.43 Å². The van der Waals surface area contributed by atoms with Crippen molar-refractivity contribution >= 4 is 46.9 Å². The van der Waals surface area contributed by atoms with Crippen molar-refractivity contribution in [2.75, 3.05) is 23.8 Å². The van der Waals surface area contributed by atoms with Crippen LogP contribution in [0.1, 0.15) is 12.5 Å². The van der Waals surface area contributed by atoms with E-state index in [1.807, 2.05) is 6.92 Å². The fourth-order valence-electron chi connectivity index (χ4n) is 2.78. The number of halogens is 1. The Balaban J connectivity index is 1.44. The molecule has 180 valence electrons. The Morgan fingerprint density at radius 2 is 1.60 bits per heavy atom. The molecular formula is C25H23ClN4O5. The van der Waals surface area contributed by atoms with Crippen LogP contribution < -0.4 is 25.5 Å². The molecule has 0 aliphatic rings. The molecule has 0 atom stereocenters. The molecule has 3 amide bonds. The van der Waals surface area contributed by atoms with Crippen molar-refractivity contribution in [3.8, 4) is 11.5 Å². The summed E-state index contributed by atoms with van der Waals surface area (Å²) in [6.07, 6.45) is 1.37. The summed E-state index contributed by atoms with van der Waals surface area (Å²) in [5, 5.41) is 9.55. The summed E-state index contributed by atoms with van der Waals surface area (Å²) in [4.78, 5) is 36.1. The molecular weight excluding hydrogens is 472 g/mol. The van der Waals surface area contributed by atoms with E-state index in [1.165, 1.54) is 6.21 Å². The van der Waals surface area contributed by atoms with Crippen LogP contribution in [0.3, 0.4) is 0 Å². The molecule has 0 unspecified atom stereocenters. The van der Waals surface area contributed by atoms with E-state index in [4.69, 9.17) is 21.1 Å². The Morgan fingerprint density at radius 1 is 0.886 bits per heavy atom. The van der Waals surface area contributed by atoms with Gasteiger partial charge < -0.3 is 20.1 Å². The van der Waals surface area contributed by atoms with E-state index in [2.05, 4.69) is 21.2 Å². The molecule has 3 N–H and O–H groups in total. The maximum atomic E-state index is 12.1. The molecule has 10 heteroatoms. The number of benzene rings is 3. The number of amides is 3. The number of carbonyl (C=O) groups is 3. The summed E-state index contributed by atoms with van der Waals surface area (Å²) in [7, 11) is 0. The van der Waals surface area contributed by atoms with Gasteiger partial charge in [-0.15, -0.1) is 0 Å². The number of hydrogen-bond donors (Lipinski definition) is 3. The third kappa shape index (κ3) is 8.17. The van der Waals surface area contributed by atoms with E-state index in [0.29, 0.717) is 40.1 Å². The zero-order valence-electron chi connectivity index (χ0n) is 18.8. The minimum atomic E-state index is -0.931. The summed E-state index contributed by atoms with van der Waals surface area (Å²) in [6, 6.07) is 20.2. The second-order valence-electron chi connectivity index (χ2n) is 7.00. The van der Waals surface area contributed by atoms with Crippen molar-refractivity contribution in [2.24, 2.45) is 5.10 Å². The minimum Gasteiger partial charge on any atom is -0.492 e. The Morgan fingerprint density at radius 3 is 2.31 bits per heavy atom. The summed E-state index contributed by atoms with van der Waals surface area (Å²) >= 11 is 5.82. The second kappa shape index (κ2) is 12.8. The van der Waals surface area contributed by atoms with Crippen molar-refractivity contribution in [3.05, 3.63) is 83.4 Å². The zero-order chi connectivity index (χ0) is 25.0. The van der Waals surface area contributed by atoms with Gasteiger partial charge in [-0.1, -0.05) is 23.7 Å². The Kier molecular flexibility index (Phi) is 9.21. The quantitative estimate of drug-likeness (QED) is 0.237. The number of hydrazone groups is 1. The molecule has 0 aliphatic carbocycles. The second-order valence-corrected chi connectivity index (χ2v) is 7.43. The highest BCUT2D eigenvalue weighted by molar-refractivity contribution is 6.39. The monoisotopic (exact) mass is 494 g/mol. The van der Waals surface area contributed by atoms with Crippen LogP contribution in [0, 0.1) is 0 Å². The van der Waals surface area contributed by atoms with Gasteiger partial charge in [0.05, 0.1) is 18.5 Å². The lowest BCUT2D eigenvalue weighted by Gasteiger charge is -2.10. The molecule has 3 aromatic carbocycles. The molecule has 3 aromatic rings. The fourth-order valence-corrected chi connectivity index (χ4v) is 2.90. The van der Waals surface area contributed by atoms with Crippen LogP contribution in [0.5, 0.6) is 11.5 Å². The van der Waals surface area contributed by atoms with E-state index in [9.17, 15) is 14.4 Å². The highest BCUT2D eigenvalue weighted by Crippen LogP contribution is 2.23. The molecule has 0 radical (unpaired) electrons. The van der Waals surface area contributed by atoms with E-state index in [0.717, 1.165) is 0 Å². The van der Waals surface area contributed by atoms with E-state index in [1.54, 1.807) is 72.8 Å². The highest BCUT2D eigenvalue weighted by Gasteiger charge is 2.15. The third-order valence-corrected chi connectivity index (χ3v) is 4.65. The Hall–Kier alpha value is -4.37. The van der Waals surface area contributed by atoms with E-state index < -0.39 is 11.8 Å². The first-order chi connectivity index (χ1) is 16.9. The number of nitrogens with one attached hydrogen (secondary N) is 3. The number of rotatable bonds is 9. The van der Waals surface area contributed by atoms with Crippen LogP contribution in [-0.4, -0.2) is 37.1 Å². The maximum Gasteiger partial charge on any atom is 0.329 e. The van der Waals surface area contributed by atoms with Gasteiger partial charge in [0, 0.05) is 10.7 Å². The van der Waals surface area contributed by atoms with Crippen LogP contribution in [0.25, 0.3) is 0 Å². The largest absolute Gasteiger partial charge is 0.492 e. The van der Waals surface area contributed by atoms with Gasteiger partial charge in [-0.2, -0.15) is 5.10 Å². The molecule has 35 heavy (non-hydrogen) atoms. The standard InChI is InChI=1S/C25H23ClN4O5/c1-2-34-22-6-4-3-5-21(22)29-24(32)25(33)30-27-15-17-7-13-20(14-8-17)35-16-23(31)28-19-11-9-18(26)10-12-19/h3-15H,2,16H2,1H3,(H,28,31)(H,29,32)(H,30,33)/b27-15-. The van der Waals surface area contributed by atoms with Crippen molar-refractivity contribution in [1.29, 1.82) is 0 Å². The van der Waals surface area contributed by atoms with Crippen molar-refractivity contribution in [3.63, 3.8) is 0 Å². The molecule has 0 aliphatic heterocycles. The average molecular weight is 495 g/mol. The summed E-state index contributed by atoms with van der Waals surface area (Å²) in [6.45, 7) is 2.07. The third-order valence-electron chi connectivity index (χ3n) is 4.40. The lowest BCUT2D eigenvalue weighted by Crippen LogP contribution is -2.32. The van der Waals surface area contributed by atoms with Crippen LogP contribution >= 0.6 is 11.6 Å². The summed E-state index contributed by atoms with van der Waals surface area (Å²) in [5.74, 6) is -1.19. The number of para-hydroxylation sites is 2. The van der Waals surface area contributed by atoms with Crippen LogP contribution in [0.2, 0.25) is 5.02 Å². The van der Waals surface area contributed by atoms with Crippen molar-refractivity contribution < 1.29 is 23.9 Å². The first-order valence-corrected chi connectivity index (χ1v) is 11.0. The molecule has 0 spiro atoms. The minimum absolute atomic E-state index is 0.173. The first-order valence-electron chi connectivity index (χ1n) is 10.6. The average Bonchev–Trinajstić information content (AvgIpc) is 2.86. The number of hydrogen-bond acceptors (Lipinski definition) is 6. The predicted octanol–water partition coefficient (Wildman–Crippen LogP) is 3.85. The summed E-state index contributed by atoms with van der Waals surface area (Å²) < 4.78 is 10.9. The first kappa shape index (κ1) is 25.3. The zero-order valence-corrected chi connectivity index (χ0v) is 19.5. The van der Waals surface area contributed by atoms with Crippen molar-refractivity contribution in [2.45, 2.75) is 6.92 Å². The van der Waals surface area contributed by atoms with Gasteiger partial charge in [0.25, 0.3) is 5.91 Å². The topological polar surface area (TPSA) is 118 Å². The molecule has 9 nitrogen and oxygen atoms in total. The number of carbonyl (C=O) groups excluding carboxylic acids is 3. The van der Waals surface area contributed by atoms with Crippen molar-refractivity contribution in [1.82, 2.24) is 5.43 Å².